The van der Waals surface area contributed by atoms with Crippen LogP contribution in [0.3, 0.4) is 0 Å². The van der Waals surface area contributed by atoms with Gasteiger partial charge in [-0.25, -0.2) is 0 Å². The van der Waals surface area contributed by atoms with E-state index in [4.69, 9.17) is 9.47 Å². The van der Waals surface area contributed by atoms with Gasteiger partial charge >= 0.3 is 0 Å². The Morgan fingerprint density at radius 1 is 0.737 bits per heavy atom. The second-order valence-corrected chi connectivity index (χ2v) is 4.87. The Balaban J connectivity index is 1.79. The summed E-state index contributed by atoms with van der Waals surface area (Å²) < 4.78 is 11.1. The van der Waals surface area contributed by atoms with Gasteiger partial charge in [-0.1, -0.05) is 56.5 Å². The summed E-state index contributed by atoms with van der Waals surface area (Å²) in [5, 5.41) is 0. The van der Waals surface area contributed by atoms with Gasteiger partial charge in [0.25, 0.3) is 0 Å². The van der Waals surface area contributed by atoms with E-state index in [1.54, 1.807) is 0 Å². The van der Waals surface area contributed by atoms with Crippen molar-refractivity contribution in [3.05, 3.63) is 35.9 Å². The predicted molar refractivity (Wildman–Crippen MR) is 80.5 cm³/mol. The van der Waals surface area contributed by atoms with Crippen molar-refractivity contribution in [2.45, 2.75) is 45.4 Å². The fourth-order valence-electron chi connectivity index (χ4n) is 1.98. The molecule has 0 saturated carbocycles. The highest BCUT2D eigenvalue weighted by Crippen LogP contribution is 2.02. The molecular formula is C17H28O2. The lowest BCUT2D eigenvalue weighted by Crippen LogP contribution is -2.06. The van der Waals surface area contributed by atoms with Gasteiger partial charge in [-0.05, 0) is 24.8 Å². The molecule has 0 spiro atoms. The minimum atomic E-state index is 0.725. The van der Waals surface area contributed by atoms with E-state index in [1.807, 2.05) is 0 Å². The normalized spacial score (nSPS) is 10.8. The van der Waals surface area contributed by atoms with Crippen LogP contribution in [0.2, 0.25) is 0 Å². The van der Waals surface area contributed by atoms with Gasteiger partial charge in [0, 0.05) is 13.2 Å². The van der Waals surface area contributed by atoms with Crippen molar-refractivity contribution in [1.29, 1.82) is 0 Å². The van der Waals surface area contributed by atoms with Crippen molar-refractivity contribution in [3.63, 3.8) is 0 Å². The monoisotopic (exact) mass is 264 g/mol. The minimum Gasteiger partial charge on any atom is -0.379 e. The molecule has 1 aromatic rings. The summed E-state index contributed by atoms with van der Waals surface area (Å²) in [6.07, 6.45) is 7.25. The zero-order valence-corrected chi connectivity index (χ0v) is 12.3. The molecule has 108 valence electrons. The van der Waals surface area contributed by atoms with Crippen LogP contribution in [0.25, 0.3) is 0 Å². The number of unbranched alkanes of at least 4 members (excludes halogenated alkanes) is 3. The smallest absolute Gasteiger partial charge is 0.0700 e. The maximum atomic E-state index is 5.56. The van der Waals surface area contributed by atoms with Crippen LogP contribution in [0.15, 0.2) is 30.3 Å². The first-order valence-electron chi connectivity index (χ1n) is 7.63. The maximum Gasteiger partial charge on any atom is 0.0700 e. The highest BCUT2D eigenvalue weighted by molar-refractivity contribution is 5.14. The molecule has 0 aromatic heterocycles. The standard InChI is InChI=1S/C17H28O2/c1-2-3-4-8-13-18-15-16-19-14-9-12-17-10-6-5-7-11-17/h5-7,10-11H,2-4,8-9,12-16H2,1H3. The van der Waals surface area contributed by atoms with Crippen molar-refractivity contribution < 1.29 is 9.47 Å². The molecule has 0 heterocycles. The summed E-state index contributed by atoms with van der Waals surface area (Å²) in [4.78, 5) is 0. The van der Waals surface area contributed by atoms with Gasteiger partial charge in [-0.15, -0.1) is 0 Å². The van der Waals surface area contributed by atoms with Crippen molar-refractivity contribution in [2.24, 2.45) is 0 Å². The van der Waals surface area contributed by atoms with Gasteiger partial charge in [-0.3, -0.25) is 0 Å². The molecule has 0 amide bonds. The van der Waals surface area contributed by atoms with Crippen molar-refractivity contribution in [3.8, 4) is 0 Å². The van der Waals surface area contributed by atoms with Crippen LogP contribution < -0.4 is 0 Å². The number of benzene rings is 1. The third-order valence-electron chi connectivity index (χ3n) is 3.11. The van der Waals surface area contributed by atoms with Crippen LogP contribution in [-0.2, 0) is 15.9 Å². The lowest BCUT2D eigenvalue weighted by molar-refractivity contribution is 0.0455. The summed E-state index contributed by atoms with van der Waals surface area (Å²) in [5.74, 6) is 0. The van der Waals surface area contributed by atoms with E-state index in [-0.39, 0.29) is 0 Å². The molecule has 0 atom stereocenters. The van der Waals surface area contributed by atoms with Gasteiger partial charge in [-0.2, -0.15) is 0 Å². The average molecular weight is 264 g/mol. The van der Waals surface area contributed by atoms with E-state index in [9.17, 15) is 0 Å². The fraction of sp³-hybridized carbons (Fsp3) is 0.647. The van der Waals surface area contributed by atoms with Crippen LogP contribution in [0.4, 0.5) is 0 Å². The molecule has 1 aromatic carbocycles. The lowest BCUT2D eigenvalue weighted by Gasteiger charge is -2.06. The largest absolute Gasteiger partial charge is 0.379 e. The van der Waals surface area contributed by atoms with Crippen molar-refractivity contribution in [2.75, 3.05) is 26.4 Å². The zero-order chi connectivity index (χ0) is 13.6. The first kappa shape index (κ1) is 16.2. The van der Waals surface area contributed by atoms with E-state index in [2.05, 4.69) is 37.3 Å². The Hall–Kier alpha value is -0.860. The first-order valence-corrected chi connectivity index (χ1v) is 7.63. The Kier molecular flexibility index (Phi) is 10.4. The molecule has 0 saturated heterocycles. The Labute approximate surface area is 118 Å². The van der Waals surface area contributed by atoms with Crippen LogP contribution in [-0.4, -0.2) is 26.4 Å². The van der Waals surface area contributed by atoms with E-state index in [0.717, 1.165) is 39.3 Å². The molecule has 0 bridgehead atoms. The molecule has 0 N–H and O–H groups in total. The molecular weight excluding hydrogens is 236 g/mol. The summed E-state index contributed by atoms with van der Waals surface area (Å²) >= 11 is 0. The van der Waals surface area contributed by atoms with Crippen LogP contribution in [0.5, 0.6) is 0 Å². The number of rotatable bonds is 12. The third-order valence-corrected chi connectivity index (χ3v) is 3.11. The summed E-state index contributed by atoms with van der Waals surface area (Å²) in [6.45, 7) is 5.39. The molecule has 0 aliphatic rings. The summed E-state index contributed by atoms with van der Waals surface area (Å²) in [5.41, 5.74) is 1.39. The van der Waals surface area contributed by atoms with Crippen LogP contribution >= 0.6 is 0 Å². The number of ether oxygens (including phenoxy) is 2. The molecule has 0 aliphatic carbocycles. The van der Waals surface area contributed by atoms with Gasteiger partial charge in [0.05, 0.1) is 13.2 Å². The fourth-order valence-corrected chi connectivity index (χ4v) is 1.98. The number of hydrogen-bond acceptors (Lipinski definition) is 2. The Morgan fingerprint density at radius 2 is 1.42 bits per heavy atom. The van der Waals surface area contributed by atoms with Crippen molar-refractivity contribution in [1.82, 2.24) is 0 Å². The quantitative estimate of drug-likeness (QED) is 0.526. The lowest BCUT2D eigenvalue weighted by atomic mass is 10.1. The molecule has 0 fully saturated rings. The molecule has 0 aliphatic heterocycles. The van der Waals surface area contributed by atoms with Crippen LogP contribution in [0, 0.1) is 0 Å². The molecule has 0 radical (unpaired) electrons. The van der Waals surface area contributed by atoms with E-state index in [1.165, 1.54) is 31.2 Å². The van der Waals surface area contributed by atoms with E-state index in [0.29, 0.717) is 0 Å². The topological polar surface area (TPSA) is 18.5 Å². The number of aryl methyl sites for hydroxylation is 1. The molecule has 1 rings (SSSR count). The number of hydrogen-bond donors (Lipinski definition) is 0. The van der Waals surface area contributed by atoms with Gasteiger partial charge in [0.1, 0.15) is 0 Å². The second kappa shape index (κ2) is 12.2. The van der Waals surface area contributed by atoms with E-state index < -0.39 is 0 Å². The summed E-state index contributed by atoms with van der Waals surface area (Å²) in [7, 11) is 0. The SMILES string of the molecule is CCCCCCOCCOCCCc1ccccc1. The second-order valence-electron chi connectivity index (χ2n) is 4.87. The Morgan fingerprint density at radius 3 is 2.11 bits per heavy atom. The molecule has 2 heteroatoms. The third kappa shape index (κ3) is 9.69. The maximum absolute atomic E-state index is 5.56. The predicted octanol–water partition coefficient (Wildman–Crippen LogP) is 4.23. The highest BCUT2D eigenvalue weighted by Gasteiger charge is 1.93. The van der Waals surface area contributed by atoms with Gasteiger partial charge < -0.3 is 9.47 Å². The summed E-state index contributed by atoms with van der Waals surface area (Å²) in [6, 6.07) is 10.6. The van der Waals surface area contributed by atoms with Gasteiger partial charge in [0.2, 0.25) is 0 Å². The molecule has 19 heavy (non-hydrogen) atoms. The Bertz CT molecular complexity index is 285. The zero-order valence-electron chi connectivity index (χ0n) is 12.3. The molecule has 2 nitrogen and oxygen atoms in total. The van der Waals surface area contributed by atoms with Crippen molar-refractivity contribution >= 4 is 0 Å². The molecule has 0 unspecified atom stereocenters. The first-order chi connectivity index (χ1) is 9.43. The highest BCUT2D eigenvalue weighted by atomic mass is 16.5. The minimum absolute atomic E-state index is 0.725. The van der Waals surface area contributed by atoms with E-state index >= 15 is 0 Å². The van der Waals surface area contributed by atoms with Gasteiger partial charge in [0.15, 0.2) is 0 Å². The van der Waals surface area contributed by atoms with Crippen LogP contribution in [0.1, 0.15) is 44.6 Å². The average Bonchev–Trinajstić information content (AvgIpc) is 2.46.